The number of hydrogen-bond acceptors (Lipinski definition) is 6. The van der Waals surface area contributed by atoms with E-state index in [1.165, 1.54) is 24.1 Å². The van der Waals surface area contributed by atoms with E-state index in [2.05, 4.69) is 44.7 Å². The van der Waals surface area contributed by atoms with E-state index in [1.807, 2.05) is 12.1 Å². The highest BCUT2D eigenvalue weighted by molar-refractivity contribution is 5.41. The van der Waals surface area contributed by atoms with Crippen molar-refractivity contribution < 1.29 is 0 Å². The largest absolute Gasteiger partial charge is 0.367 e. The molecular weight excluding hydrogens is 254 g/mol. The lowest BCUT2D eigenvalue weighted by Crippen LogP contribution is -2.41. The van der Waals surface area contributed by atoms with E-state index in [4.69, 9.17) is 0 Å². The van der Waals surface area contributed by atoms with Gasteiger partial charge in [-0.15, -0.1) is 14.8 Å². The lowest BCUT2D eigenvalue weighted by Gasteiger charge is -2.34. The van der Waals surface area contributed by atoms with Crippen LogP contribution < -0.4 is 5.32 Å². The molecule has 2 aromatic heterocycles. The summed E-state index contributed by atoms with van der Waals surface area (Å²) in [6, 6.07) is 3.77. The van der Waals surface area contributed by atoms with Crippen LogP contribution in [0.2, 0.25) is 0 Å². The first-order valence-electron chi connectivity index (χ1n) is 7.22. The third kappa shape index (κ3) is 3.04. The molecule has 20 heavy (non-hydrogen) atoms. The smallest absolute Gasteiger partial charge is 0.200 e. The quantitative estimate of drug-likeness (QED) is 0.894. The monoisotopic (exact) mass is 275 g/mol. The zero-order chi connectivity index (χ0) is 13.9. The lowest BCUT2D eigenvalue weighted by molar-refractivity contribution is 0.146. The Morgan fingerprint density at radius 2 is 2.05 bits per heavy atom. The highest BCUT2D eigenvalue weighted by atomic mass is 15.6. The molecule has 2 aromatic rings. The zero-order valence-electron chi connectivity index (χ0n) is 12.0. The van der Waals surface area contributed by atoms with Gasteiger partial charge in [0.25, 0.3) is 0 Å². The maximum atomic E-state index is 4.30. The van der Waals surface area contributed by atoms with Crippen LogP contribution in [0.3, 0.4) is 0 Å². The highest BCUT2D eigenvalue weighted by Crippen LogP contribution is 2.20. The predicted octanol–water partition coefficient (Wildman–Crippen LogP) is 0.909. The molecule has 0 saturated carbocycles. The molecule has 0 spiro atoms. The van der Waals surface area contributed by atoms with E-state index < -0.39 is 0 Å². The van der Waals surface area contributed by atoms with Gasteiger partial charge in [0, 0.05) is 26.2 Å². The minimum atomic E-state index is 0.661. The van der Waals surface area contributed by atoms with Gasteiger partial charge in [0.05, 0.1) is 0 Å². The molecule has 0 radical (unpaired) electrons. The van der Waals surface area contributed by atoms with Crippen LogP contribution >= 0.6 is 0 Å². The number of nitrogens with zero attached hydrogens (tertiary/aromatic N) is 6. The van der Waals surface area contributed by atoms with Crippen LogP contribution in [0.4, 0.5) is 5.82 Å². The van der Waals surface area contributed by atoms with Crippen molar-refractivity contribution in [2.75, 3.05) is 31.5 Å². The number of likely N-dealkylation sites (tertiary alicyclic amines) is 1. The summed E-state index contributed by atoms with van der Waals surface area (Å²) in [5.41, 5.74) is 0.661. The Hall–Kier alpha value is -1.76. The van der Waals surface area contributed by atoms with Crippen molar-refractivity contribution in [2.24, 2.45) is 11.8 Å². The van der Waals surface area contributed by atoms with E-state index in [0.29, 0.717) is 5.65 Å². The van der Waals surface area contributed by atoms with Crippen molar-refractivity contribution in [3.63, 3.8) is 0 Å². The topological polar surface area (TPSA) is 71.2 Å². The maximum Gasteiger partial charge on any atom is 0.200 e. The second-order valence-electron chi connectivity index (χ2n) is 5.88. The van der Waals surface area contributed by atoms with Crippen molar-refractivity contribution in [2.45, 2.75) is 20.3 Å². The van der Waals surface area contributed by atoms with Gasteiger partial charge >= 0.3 is 0 Å². The first kappa shape index (κ1) is 13.2. The van der Waals surface area contributed by atoms with Crippen LogP contribution in [0.15, 0.2) is 12.1 Å². The number of tetrazole rings is 1. The molecule has 0 amide bonds. The van der Waals surface area contributed by atoms with Crippen LogP contribution in [0, 0.1) is 11.8 Å². The molecule has 3 heterocycles. The average Bonchev–Trinajstić information content (AvgIpc) is 2.85. The Bertz CT molecular complexity index is 557. The Morgan fingerprint density at radius 1 is 1.25 bits per heavy atom. The molecule has 0 aromatic carbocycles. The van der Waals surface area contributed by atoms with Crippen LogP contribution in [0.1, 0.15) is 20.3 Å². The second-order valence-corrected chi connectivity index (χ2v) is 5.88. The van der Waals surface area contributed by atoms with Gasteiger partial charge in [-0.2, -0.15) is 0 Å². The number of anilines is 1. The minimum absolute atomic E-state index is 0.661. The first-order chi connectivity index (χ1) is 9.70. The predicted molar refractivity (Wildman–Crippen MR) is 76.5 cm³/mol. The second kappa shape index (κ2) is 5.70. The van der Waals surface area contributed by atoms with Gasteiger partial charge in [-0.1, -0.05) is 13.8 Å². The molecule has 7 nitrogen and oxygen atoms in total. The maximum absolute atomic E-state index is 4.30. The van der Waals surface area contributed by atoms with Gasteiger partial charge in [0.2, 0.25) is 0 Å². The fourth-order valence-corrected chi connectivity index (χ4v) is 3.06. The van der Waals surface area contributed by atoms with Crippen molar-refractivity contribution in [1.29, 1.82) is 0 Å². The van der Waals surface area contributed by atoms with Gasteiger partial charge in [0.15, 0.2) is 5.65 Å². The molecular formula is C13H21N7. The SMILES string of the molecule is C[C@@H]1C[C@H](C)CN(CCNc2ccc3nnnn3n2)C1. The summed E-state index contributed by atoms with van der Waals surface area (Å²) in [5, 5.41) is 18.8. The summed E-state index contributed by atoms with van der Waals surface area (Å²) in [7, 11) is 0. The molecule has 1 aliphatic rings. The molecule has 7 heteroatoms. The fraction of sp³-hybridized carbons (Fsp3) is 0.692. The van der Waals surface area contributed by atoms with Gasteiger partial charge in [-0.3, -0.25) is 0 Å². The van der Waals surface area contributed by atoms with Crippen LogP contribution in [-0.4, -0.2) is 56.3 Å². The molecule has 1 N–H and O–H groups in total. The molecule has 1 aliphatic heterocycles. The fourth-order valence-electron chi connectivity index (χ4n) is 3.06. The van der Waals surface area contributed by atoms with E-state index >= 15 is 0 Å². The third-order valence-corrected chi connectivity index (χ3v) is 3.75. The highest BCUT2D eigenvalue weighted by Gasteiger charge is 2.21. The summed E-state index contributed by atoms with van der Waals surface area (Å²) in [6.45, 7) is 9.01. The van der Waals surface area contributed by atoms with E-state index in [9.17, 15) is 0 Å². The molecule has 2 atom stereocenters. The summed E-state index contributed by atoms with van der Waals surface area (Å²) >= 11 is 0. The number of rotatable bonds is 4. The standard InChI is InChI=1S/C13H21N7/c1-10-7-11(2)9-19(8-10)6-5-14-12-3-4-13-15-17-18-20(13)16-12/h3-4,10-11H,5-9H2,1-2H3,(H,14,16)/t10-,11+. The van der Waals surface area contributed by atoms with Crippen molar-refractivity contribution in [3.8, 4) is 0 Å². The Morgan fingerprint density at radius 3 is 2.85 bits per heavy atom. The number of fused-ring (bicyclic) bond motifs is 1. The van der Waals surface area contributed by atoms with Gasteiger partial charge in [-0.05, 0) is 40.8 Å². The van der Waals surface area contributed by atoms with E-state index in [1.54, 1.807) is 0 Å². The minimum Gasteiger partial charge on any atom is -0.367 e. The molecule has 108 valence electrons. The molecule has 0 bridgehead atoms. The van der Waals surface area contributed by atoms with Crippen LogP contribution in [-0.2, 0) is 0 Å². The Balaban J connectivity index is 1.51. The Labute approximate surface area is 118 Å². The molecule has 1 fully saturated rings. The van der Waals surface area contributed by atoms with Crippen molar-refractivity contribution in [3.05, 3.63) is 12.1 Å². The van der Waals surface area contributed by atoms with Gasteiger partial charge < -0.3 is 10.2 Å². The zero-order valence-corrected chi connectivity index (χ0v) is 12.0. The average molecular weight is 275 g/mol. The molecule has 0 unspecified atom stereocenters. The van der Waals surface area contributed by atoms with Crippen LogP contribution in [0.25, 0.3) is 5.65 Å². The van der Waals surface area contributed by atoms with Crippen LogP contribution in [0.5, 0.6) is 0 Å². The summed E-state index contributed by atoms with van der Waals surface area (Å²) in [6.07, 6.45) is 1.35. The third-order valence-electron chi connectivity index (χ3n) is 3.75. The normalized spacial score (nSPS) is 24.1. The van der Waals surface area contributed by atoms with Crippen molar-refractivity contribution in [1.82, 2.24) is 30.2 Å². The number of nitrogens with one attached hydrogen (secondary N) is 1. The summed E-state index contributed by atoms with van der Waals surface area (Å²) in [5.74, 6) is 2.41. The summed E-state index contributed by atoms with van der Waals surface area (Å²) in [4.78, 5) is 2.53. The molecule has 1 saturated heterocycles. The summed E-state index contributed by atoms with van der Waals surface area (Å²) < 4.78 is 1.44. The lowest BCUT2D eigenvalue weighted by atomic mass is 9.92. The number of aromatic nitrogens is 5. The number of piperidine rings is 1. The Kier molecular flexibility index (Phi) is 3.77. The van der Waals surface area contributed by atoms with Gasteiger partial charge in [0.1, 0.15) is 5.82 Å². The van der Waals surface area contributed by atoms with E-state index in [0.717, 1.165) is 30.7 Å². The van der Waals surface area contributed by atoms with E-state index in [-0.39, 0.29) is 0 Å². The van der Waals surface area contributed by atoms with Crippen molar-refractivity contribution >= 4 is 11.5 Å². The molecule has 3 rings (SSSR count). The molecule has 0 aliphatic carbocycles. The first-order valence-corrected chi connectivity index (χ1v) is 7.22. The van der Waals surface area contributed by atoms with Gasteiger partial charge in [-0.25, -0.2) is 0 Å². The number of hydrogen-bond donors (Lipinski definition) is 1.